The second-order valence-electron chi connectivity index (χ2n) is 6.48. The van der Waals surface area contributed by atoms with E-state index in [1.807, 2.05) is 30.3 Å². The molecule has 1 unspecified atom stereocenters. The molecule has 2 aliphatic rings. The van der Waals surface area contributed by atoms with E-state index in [-0.39, 0.29) is 24.2 Å². The van der Waals surface area contributed by atoms with E-state index >= 15 is 0 Å². The number of nitrogens with zero attached hydrogens (tertiary/aromatic N) is 2. The molecule has 0 bridgehead atoms. The van der Waals surface area contributed by atoms with Gasteiger partial charge in [0.2, 0.25) is 11.8 Å². The van der Waals surface area contributed by atoms with Gasteiger partial charge in [0, 0.05) is 35.1 Å². The summed E-state index contributed by atoms with van der Waals surface area (Å²) in [6.07, 6.45) is 2.67. The Labute approximate surface area is 159 Å². The van der Waals surface area contributed by atoms with E-state index < -0.39 is 0 Å². The van der Waals surface area contributed by atoms with Crippen LogP contribution in [-0.2, 0) is 27.4 Å². The molecule has 1 fully saturated rings. The molecule has 2 aromatic rings. The van der Waals surface area contributed by atoms with E-state index in [2.05, 4.69) is 26.2 Å². The molecule has 2 amide bonds. The summed E-state index contributed by atoms with van der Waals surface area (Å²) in [6, 6.07) is 9.43. The normalized spacial score (nSPS) is 19.3. The van der Waals surface area contributed by atoms with Crippen molar-refractivity contribution in [3.8, 4) is 0 Å². The van der Waals surface area contributed by atoms with Crippen LogP contribution in [-0.4, -0.2) is 29.9 Å². The van der Waals surface area contributed by atoms with Gasteiger partial charge in [0.15, 0.2) is 0 Å². The molecular formula is C19H18BrN3O3. The Balaban J connectivity index is 1.46. The summed E-state index contributed by atoms with van der Waals surface area (Å²) in [7, 11) is 0. The van der Waals surface area contributed by atoms with E-state index in [1.165, 1.54) is 0 Å². The van der Waals surface area contributed by atoms with Gasteiger partial charge in [-0.1, -0.05) is 12.1 Å². The second kappa shape index (κ2) is 7.17. The highest BCUT2D eigenvalue weighted by Crippen LogP contribution is 2.31. The molecule has 7 heteroatoms. The Hall–Kier alpha value is -2.25. The van der Waals surface area contributed by atoms with Crippen molar-refractivity contribution in [1.82, 2.24) is 4.98 Å². The zero-order valence-electron chi connectivity index (χ0n) is 14.1. The lowest BCUT2D eigenvalue weighted by atomic mass is 10.1. The molecule has 4 rings (SSSR count). The first-order valence-corrected chi connectivity index (χ1v) is 9.32. The number of anilines is 2. The fourth-order valence-electron chi connectivity index (χ4n) is 3.34. The van der Waals surface area contributed by atoms with Crippen molar-refractivity contribution in [2.24, 2.45) is 5.92 Å². The maximum absolute atomic E-state index is 12.6. The van der Waals surface area contributed by atoms with Crippen molar-refractivity contribution >= 4 is 39.1 Å². The van der Waals surface area contributed by atoms with Crippen molar-refractivity contribution in [3.05, 3.63) is 52.3 Å². The maximum atomic E-state index is 12.6. The summed E-state index contributed by atoms with van der Waals surface area (Å²) < 4.78 is 6.28. The molecule has 1 aromatic carbocycles. The molecule has 0 spiro atoms. The van der Waals surface area contributed by atoms with Gasteiger partial charge in [-0.2, -0.15) is 0 Å². The highest BCUT2D eigenvalue weighted by Gasteiger charge is 2.35. The number of halogens is 1. The predicted molar refractivity (Wildman–Crippen MR) is 101 cm³/mol. The molecule has 1 saturated heterocycles. The van der Waals surface area contributed by atoms with E-state index in [9.17, 15) is 9.59 Å². The third-order valence-electron chi connectivity index (χ3n) is 4.71. The predicted octanol–water partition coefficient (Wildman–Crippen LogP) is 2.91. The highest BCUT2D eigenvalue weighted by atomic mass is 79.9. The van der Waals surface area contributed by atoms with E-state index in [0.717, 1.165) is 27.8 Å². The summed E-state index contributed by atoms with van der Waals surface area (Å²) in [6.45, 7) is 1.57. The number of fused-ring (bicyclic) bond motifs is 1. The number of aromatic nitrogens is 1. The van der Waals surface area contributed by atoms with Crippen LogP contribution in [0.4, 0.5) is 11.4 Å². The Morgan fingerprint density at radius 1 is 1.35 bits per heavy atom. The average Bonchev–Trinajstić information content (AvgIpc) is 3.04. The van der Waals surface area contributed by atoms with Crippen LogP contribution in [0.25, 0.3) is 0 Å². The zero-order valence-corrected chi connectivity index (χ0v) is 15.7. The van der Waals surface area contributed by atoms with Gasteiger partial charge in [0.25, 0.3) is 0 Å². The van der Waals surface area contributed by atoms with Crippen molar-refractivity contribution < 1.29 is 14.3 Å². The lowest BCUT2D eigenvalue weighted by Crippen LogP contribution is -2.28. The molecule has 2 aliphatic heterocycles. The fourth-order valence-corrected chi connectivity index (χ4v) is 3.84. The Morgan fingerprint density at radius 2 is 2.19 bits per heavy atom. The number of rotatable bonds is 3. The van der Waals surface area contributed by atoms with Crippen molar-refractivity contribution in [2.75, 3.05) is 23.4 Å². The molecule has 1 N–H and O–H groups in total. The van der Waals surface area contributed by atoms with Crippen molar-refractivity contribution in [3.63, 3.8) is 0 Å². The summed E-state index contributed by atoms with van der Waals surface area (Å²) in [4.78, 5) is 31.1. The molecule has 0 radical (unpaired) electrons. The van der Waals surface area contributed by atoms with Crippen LogP contribution in [0.5, 0.6) is 0 Å². The zero-order chi connectivity index (χ0) is 18.1. The van der Waals surface area contributed by atoms with Crippen LogP contribution in [0.3, 0.4) is 0 Å². The lowest BCUT2D eigenvalue weighted by molar-refractivity contribution is -0.122. The molecule has 6 nitrogen and oxygen atoms in total. The van der Waals surface area contributed by atoms with E-state index in [4.69, 9.17) is 4.74 Å². The number of hydrogen-bond donors (Lipinski definition) is 1. The van der Waals surface area contributed by atoms with Crippen molar-refractivity contribution in [2.45, 2.75) is 19.4 Å². The van der Waals surface area contributed by atoms with E-state index in [0.29, 0.717) is 25.4 Å². The van der Waals surface area contributed by atoms with Gasteiger partial charge in [-0.3, -0.25) is 14.6 Å². The number of hydrogen-bond acceptors (Lipinski definition) is 4. The number of ether oxygens (including phenoxy) is 1. The molecule has 1 aromatic heterocycles. The SMILES string of the molecule is O=C(Nc1cnc2c(c1)COCC2)C1CC(=O)N(c2ccccc2Br)C1. The topological polar surface area (TPSA) is 71.5 Å². The van der Waals surface area contributed by atoms with Crippen LogP contribution in [0.1, 0.15) is 17.7 Å². The van der Waals surface area contributed by atoms with Crippen LogP contribution >= 0.6 is 15.9 Å². The minimum atomic E-state index is -0.387. The number of benzene rings is 1. The molecule has 26 heavy (non-hydrogen) atoms. The number of para-hydroxylation sites is 1. The van der Waals surface area contributed by atoms with Gasteiger partial charge in [-0.25, -0.2) is 0 Å². The maximum Gasteiger partial charge on any atom is 0.229 e. The Kier molecular flexibility index (Phi) is 4.74. The quantitative estimate of drug-likeness (QED) is 0.836. The first-order chi connectivity index (χ1) is 12.6. The Bertz CT molecular complexity index is 871. The van der Waals surface area contributed by atoms with Gasteiger partial charge in [-0.05, 0) is 34.1 Å². The Morgan fingerprint density at radius 3 is 3.04 bits per heavy atom. The van der Waals surface area contributed by atoms with Crippen LogP contribution in [0, 0.1) is 5.92 Å². The van der Waals surface area contributed by atoms with Gasteiger partial charge in [0.05, 0.1) is 36.7 Å². The fraction of sp³-hybridized carbons (Fsp3) is 0.316. The van der Waals surface area contributed by atoms with Gasteiger partial charge >= 0.3 is 0 Å². The molecular weight excluding hydrogens is 398 g/mol. The van der Waals surface area contributed by atoms with Crippen LogP contribution in [0.15, 0.2) is 41.0 Å². The summed E-state index contributed by atoms with van der Waals surface area (Å²) in [5.74, 6) is -0.595. The molecule has 1 atom stereocenters. The minimum absolute atomic E-state index is 0.0472. The largest absolute Gasteiger partial charge is 0.376 e. The summed E-state index contributed by atoms with van der Waals surface area (Å²) in [5.41, 5.74) is 3.46. The third-order valence-corrected chi connectivity index (χ3v) is 5.38. The lowest BCUT2D eigenvalue weighted by Gasteiger charge is -2.19. The standard InChI is InChI=1S/C19H18BrN3O3/c20-15-3-1-2-4-17(15)23-10-12(8-18(23)24)19(25)22-14-7-13-11-26-6-5-16(13)21-9-14/h1-4,7,9,12H,5-6,8,10-11H2,(H,22,25). The second-order valence-corrected chi connectivity index (χ2v) is 7.33. The number of carbonyl (C=O) groups is 2. The molecule has 134 valence electrons. The van der Waals surface area contributed by atoms with Gasteiger partial charge in [-0.15, -0.1) is 0 Å². The summed E-state index contributed by atoms with van der Waals surface area (Å²) in [5, 5.41) is 2.89. The first kappa shape index (κ1) is 17.2. The number of pyridine rings is 1. The third kappa shape index (κ3) is 3.37. The molecule has 0 saturated carbocycles. The van der Waals surface area contributed by atoms with Crippen LogP contribution in [0.2, 0.25) is 0 Å². The molecule has 3 heterocycles. The van der Waals surface area contributed by atoms with Crippen molar-refractivity contribution in [1.29, 1.82) is 0 Å². The smallest absolute Gasteiger partial charge is 0.229 e. The monoisotopic (exact) mass is 415 g/mol. The van der Waals surface area contributed by atoms with Gasteiger partial charge < -0.3 is 15.0 Å². The number of nitrogens with one attached hydrogen (secondary N) is 1. The summed E-state index contributed by atoms with van der Waals surface area (Å²) >= 11 is 3.46. The minimum Gasteiger partial charge on any atom is -0.376 e. The first-order valence-electron chi connectivity index (χ1n) is 8.53. The van der Waals surface area contributed by atoms with E-state index in [1.54, 1.807) is 11.1 Å². The molecule has 0 aliphatic carbocycles. The average molecular weight is 416 g/mol. The number of amides is 2. The van der Waals surface area contributed by atoms with Crippen LogP contribution < -0.4 is 10.2 Å². The number of carbonyl (C=O) groups excluding carboxylic acids is 2. The highest BCUT2D eigenvalue weighted by molar-refractivity contribution is 9.10. The van der Waals surface area contributed by atoms with Gasteiger partial charge in [0.1, 0.15) is 0 Å².